The van der Waals surface area contributed by atoms with Crippen LogP contribution in [0.25, 0.3) is 10.9 Å². The van der Waals surface area contributed by atoms with Crippen molar-refractivity contribution in [2.45, 2.75) is 6.54 Å². The van der Waals surface area contributed by atoms with E-state index in [4.69, 9.17) is 4.74 Å². The lowest BCUT2D eigenvalue weighted by molar-refractivity contribution is 0.0623. The molecule has 1 aliphatic rings. The summed E-state index contributed by atoms with van der Waals surface area (Å²) in [4.78, 5) is 21.7. The van der Waals surface area contributed by atoms with Crippen molar-refractivity contribution in [3.63, 3.8) is 0 Å². The molecule has 0 atom stereocenters. The summed E-state index contributed by atoms with van der Waals surface area (Å²) in [5.74, 6) is 0.796. The van der Waals surface area contributed by atoms with Crippen molar-refractivity contribution in [1.29, 1.82) is 0 Å². The second-order valence-electron chi connectivity index (χ2n) is 6.81. The number of methoxy groups -OCH3 is 1. The summed E-state index contributed by atoms with van der Waals surface area (Å²) in [6.07, 6.45) is 0. The van der Waals surface area contributed by atoms with E-state index in [1.165, 1.54) is 5.56 Å². The van der Waals surface area contributed by atoms with E-state index in [0.29, 0.717) is 5.69 Å². The number of piperazine rings is 1. The molecule has 1 aromatic heterocycles. The molecule has 0 spiro atoms. The van der Waals surface area contributed by atoms with Crippen LogP contribution in [0.2, 0.25) is 0 Å². The molecule has 27 heavy (non-hydrogen) atoms. The number of benzene rings is 2. The molecule has 5 nitrogen and oxygen atoms in total. The second-order valence-corrected chi connectivity index (χ2v) is 6.81. The van der Waals surface area contributed by atoms with Gasteiger partial charge in [-0.3, -0.25) is 9.69 Å². The van der Waals surface area contributed by atoms with Crippen LogP contribution in [-0.2, 0) is 6.54 Å². The zero-order valence-corrected chi connectivity index (χ0v) is 15.5. The number of fused-ring (bicyclic) bond motifs is 1. The van der Waals surface area contributed by atoms with E-state index in [2.05, 4.69) is 34.1 Å². The summed E-state index contributed by atoms with van der Waals surface area (Å²) in [6.45, 7) is 4.15. The van der Waals surface area contributed by atoms with E-state index >= 15 is 0 Å². The quantitative estimate of drug-likeness (QED) is 0.716. The van der Waals surface area contributed by atoms with Crippen molar-refractivity contribution < 1.29 is 9.53 Å². The molecule has 1 aliphatic heterocycles. The molecule has 4 rings (SSSR count). The number of aromatic nitrogens is 1. The molecule has 0 bridgehead atoms. The molecule has 2 heterocycles. The van der Waals surface area contributed by atoms with E-state index in [9.17, 15) is 4.79 Å². The normalized spacial score (nSPS) is 15.1. The van der Waals surface area contributed by atoms with Gasteiger partial charge >= 0.3 is 0 Å². The maximum atomic E-state index is 12.9. The number of pyridine rings is 1. The van der Waals surface area contributed by atoms with Gasteiger partial charge in [0.15, 0.2) is 0 Å². The molecule has 0 N–H and O–H groups in total. The summed E-state index contributed by atoms with van der Waals surface area (Å²) in [5, 5.41) is 0.971. The molecule has 0 unspecified atom stereocenters. The van der Waals surface area contributed by atoms with Crippen LogP contribution in [0.1, 0.15) is 16.1 Å². The van der Waals surface area contributed by atoms with E-state index in [0.717, 1.165) is 49.4 Å². The van der Waals surface area contributed by atoms with Gasteiger partial charge in [0.05, 0.1) is 12.6 Å². The van der Waals surface area contributed by atoms with E-state index in [1.54, 1.807) is 13.2 Å². The Morgan fingerprint density at radius 3 is 2.52 bits per heavy atom. The van der Waals surface area contributed by atoms with Crippen LogP contribution in [0.15, 0.2) is 60.7 Å². The van der Waals surface area contributed by atoms with Crippen LogP contribution in [-0.4, -0.2) is 54.0 Å². The molecule has 0 saturated carbocycles. The van der Waals surface area contributed by atoms with Crippen LogP contribution in [0, 0.1) is 0 Å². The van der Waals surface area contributed by atoms with Gasteiger partial charge in [0.25, 0.3) is 5.91 Å². The minimum Gasteiger partial charge on any atom is -0.497 e. The Labute approximate surface area is 159 Å². The van der Waals surface area contributed by atoms with E-state index < -0.39 is 0 Å². The van der Waals surface area contributed by atoms with Crippen molar-refractivity contribution in [3.8, 4) is 5.75 Å². The maximum absolute atomic E-state index is 12.9. The number of carbonyl (C=O) groups excluding carboxylic acids is 1. The summed E-state index contributed by atoms with van der Waals surface area (Å²) < 4.78 is 5.24. The van der Waals surface area contributed by atoms with Gasteiger partial charge in [0, 0.05) is 38.1 Å². The molecule has 1 saturated heterocycles. The fraction of sp³-hybridized carbons (Fsp3) is 0.273. The highest BCUT2D eigenvalue weighted by molar-refractivity contribution is 5.95. The fourth-order valence-electron chi connectivity index (χ4n) is 3.46. The van der Waals surface area contributed by atoms with Crippen molar-refractivity contribution in [2.75, 3.05) is 33.3 Å². The Bertz CT molecular complexity index is 935. The van der Waals surface area contributed by atoms with Crippen molar-refractivity contribution >= 4 is 16.8 Å². The Morgan fingerprint density at radius 1 is 1.00 bits per heavy atom. The lowest BCUT2D eigenvalue weighted by Crippen LogP contribution is -2.48. The lowest BCUT2D eigenvalue weighted by atomic mass is 10.1. The maximum Gasteiger partial charge on any atom is 0.272 e. The summed E-state index contributed by atoms with van der Waals surface area (Å²) >= 11 is 0. The number of rotatable bonds is 4. The largest absolute Gasteiger partial charge is 0.497 e. The first kappa shape index (κ1) is 17.5. The summed E-state index contributed by atoms with van der Waals surface area (Å²) in [6, 6.07) is 19.9. The second kappa shape index (κ2) is 7.76. The van der Waals surface area contributed by atoms with Crippen molar-refractivity contribution in [3.05, 3.63) is 71.9 Å². The predicted octanol–water partition coefficient (Wildman–Crippen LogP) is 3.20. The summed E-state index contributed by atoms with van der Waals surface area (Å²) in [5.41, 5.74) is 2.62. The van der Waals surface area contributed by atoms with E-state index in [1.807, 2.05) is 35.2 Å². The molecule has 3 aromatic rings. The van der Waals surface area contributed by atoms with Gasteiger partial charge in [-0.15, -0.1) is 0 Å². The van der Waals surface area contributed by atoms with Crippen molar-refractivity contribution in [1.82, 2.24) is 14.8 Å². The van der Waals surface area contributed by atoms with Crippen LogP contribution in [0.5, 0.6) is 5.75 Å². The Balaban J connectivity index is 1.41. The summed E-state index contributed by atoms with van der Waals surface area (Å²) in [7, 11) is 1.64. The average molecular weight is 361 g/mol. The molecular formula is C22H23N3O2. The third kappa shape index (κ3) is 3.93. The number of nitrogens with zero attached hydrogens (tertiary/aromatic N) is 3. The average Bonchev–Trinajstić information content (AvgIpc) is 2.74. The zero-order chi connectivity index (χ0) is 18.6. The minimum absolute atomic E-state index is 0.00655. The molecule has 0 aliphatic carbocycles. The molecule has 5 heteroatoms. The van der Waals surface area contributed by atoms with E-state index in [-0.39, 0.29) is 5.91 Å². The highest BCUT2D eigenvalue weighted by Crippen LogP contribution is 2.20. The minimum atomic E-state index is 0.00655. The highest BCUT2D eigenvalue weighted by Gasteiger charge is 2.23. The van der Waals surface area contributed by atoms with Crippen molar-refractivity contribution in [2.24, 2.45) is 0 Å². The molecule has 138 valence electrons. The zero-order valence-electron chi connectivity index (χ0n) is 15.5. The highest BCUT2D eigenvalue weighted by atomic mass is 16.5. The third-order valence-corrected chi connectivity index (χ3v) is 5.02. The first-order chi connectivity index (χ1) is 13.2. The van der Waals surface area contributed by atoms with Gasteiger partial charge in [-0.1, -0.05) is 36.4 Å². The molecule has 1 amide bonds. The number of amides is 1. The van der Waals surface area contributed by atoms with Gasteiger partial charge in [-0.05, 0) is 29.8 Å². The van der Waals surface area contributed by atoms with Crippen LogP contribution in [0.3, 0.4) is 0 Å². The smallest absolute Gasteiger partial charge is 0.272 e. The van der Waals surface area contributed by atoms with Crippen LogP contribution in [0.4, 0.5) is 0 Å². The number of hydrogen-bond acceptors (Lipinski definition) is 4. The Hall–Kier alpha value is -2.92. The molecule has 2 aromatic carbocycles. The number of ether oxygens (including phenoxy) is 1. The van der Waals surface area contributed by atoms with Gasteiger partial charge < -0.3 is 9.64 Å². The van der Waals surface area contributed by atoms with Gasteiger partial charge in [-0.2, -0.15) is 0 Å². The van der Waals surface area contributed by atoms with Gasteiger partial charge in [0.1, 0.15) is 11.4 Å². The SMILES string of the molecule is COc1ccc2nc(C(=O)N3CCN(Cc4ccccc4)CC3)ccc2c1. The standard InChI is InChI=1S/C22H23N3O2/c1-27-19-8-10-20-18(15-19)7-9-21(23-20)22(26)25-13-11-24(12-14-25)16-17-5-3-2-4-6-17/h2-10,15H,11-14,16H2,1H3. The predicted molar refractivity (Wildman–Crippen MR) is 106 cm³/mol. The number of carbonyl (C=O) groups is 1. The Kier molecular flexibility index (Phi) is 5.03. The van der Waals surface area contributed by atoms with Crippen LogP contribution < -0.4 is 4.74 Å². The topological polar surface area (TPSA) is 45.7 Å². The van der Waals surface area contributed by atoms with Crippen LogP contribution >= 0.6 is 0 Å². The third-order valence-electron chi connectivity index (χ3n) is 5.02. The van der Waals surface area contributed by atoms with Gasteiger partial charge in [-0.25, -0.2) is 4.98 Å². The lowest BCUT2D eigenvalue weighted by Gasteiger charge is -2.34. The molecule has 0 radical (unpaired) electrons. The van der Waals surface area contributed by atoms with Gasteiger partial charge in [0.2, 0.25) is 0 Å². The first-order valence-electron chi connectivity index (χ1n) is 9.23. The number of hydrogen-bond donors (Lipinski definition) is 0. The molecular weight excluding hydrogens is 338 g/mol. The first-order valence-corrected chi connectivity index (χ1v) is 9.23. The monoisotopic (exact) mass is 361 g/mol. The fourth-order valence-corrected chi connectivity index (χ4v) is 3.46. The molecule has 1 fully saturated rings. The Morgan fingerprint density at radius 2 is 1.78 bits per heavy atom.